The largest absolute Gasteiger partial charge is 0.466 e. The first kappa shape index (κ1) is 88.6. The van der Waals surface area contributed by atoms with Gasteiger partial charge in [-0.2, -0.15) is 0 Å². The van der Waals surface area contributed by atoms with Crippen LogP contribution in [0, 0.1) is 0 Å². The molecule has 0 fully saturated rings. The van der Waals surface area contributed by atoms with Crippen LogP contribution in [0.4, 0.5) is 0 Å². The molecular formula is C84H165NO5. The van der Waals surface area contributed by atoms with Gasteiger partial charge in [0.25, 0.3) is 0 Å². The van der Waals surface area contributed by atoms with Crippen LogP contribution in [0.15, 0.2) is 12.2 Å². The predicted molar refractivity (Wildman–Crippen MR) is 398 cm³/mol. The molecule has 6 heteroatoms. The van der Waals surface area contributed by atoms with E-state index in [2.05, 4.69) is 31.3 Å². The Balaban J connectivity index is 3.32. The van der Waals surface area contributed by atoms with Gasteiger partial charge in [-0.05, 0) is 51.4 Å². The summed E-state index contributed by atoms with van der Waals surface area (Å²) in [7, 11) is 0. The van der Waals surface area contributed by atoms with E-state index in [1.807, 2.05) is 0 Å². The van der Waals surface area contributed by atoms with Gasteiger partial charge >= 0.3 is 5.97 Å². The van der Waals surface area contributed by atoms with E-state index in [-0.39, 0.29) is 18.5 Å². The number of hydrogen-bond acceptors (Lipinski definition) is 5. The molecule has 0 bridgehead atoms. The van der Waals surface area contributed by atoms with Crippen molar-refractivity contribution in [2.75, 3.05) is 13.2 Å². The topological polar surface area (TPSA) is 95.9 Å². The second kappa shape index (κ2) is 80.0. The van der Waals surface area contributed by atoms with E-state index >= 15 is 0 Å². The Hall–Kier alpha value is -1.40. The van der Waals surface area contributed by atoms with E-state index in [1.165, 1.54) is 417 Å². The summed E-state index contributed by atoms with van der Waals surface area (Å²) in [6.45, 7) is 5.01. The molecule has 0 saturated carbocycles. The second-order valence-electron chi connectivity index (χ2n) is 29.2. The van der Waals surface area contributed by atoms with E-state index in [0.717, 1.165) is 38.5 Å². The molecule has 2 atom stereocenters. The van der Waals surface area contributed by atoms with Crippen molar-refractivity contribution >= 4 is 11.9 Å². The predicted octanol–water partition coefficient (Wildman–Crippen LogP) is 27.8. The number of aliphatic hydroxyl groups excluding tert-OH is 2. The number of hydrogen-bond donors (Lipinski definition) is 3. The zero-order valence-electron chi connectivity index (χ0n) is 61.7. The molecule has 0 aromatic carbocycles. The average molecular weight is 1270 g/mol. The number of rotatable bonds is 80. The third kappa shape index (κ3) is 75.6. The first-order valence-corrected chi connectivity index (χ1v) is 41.9. The van der Waals surface area contributed by atoms with Gasteiger partial charge in [0.2, 0.25) is 5.91 Å². The molecule has 0 spiro atoms. The molecule has 2 unspecified atom stereocenters. The molecule has 1 amide bonds. The van der Waals surface area contributed by atoms with Gasteiger partial charge in [-0.3, -0.25) is 9.59 Å². The Bertz CT molecular complexity index is 1370. The first-order valence-electron chi connectivity index (χ1n) is 41.9. The van der Waals surface area contributed by atoms with Crippen LogP contribution in [0.2, 0.25) is 0 Å². The monoisotopic (exact) mass is 1270 g/mol. The van der Waals surface area contributed by atoms with Crippen LogP contribution in [0.3, 0.4) is 0 Å². The Morgan fingerprint density at radius 3 is 0.789 bits per heavy atom. The number of esters is 1. The maximum absolute atomic E-state index is 12.6. The van der Waals surface area contributed by atoms with E-state index in [9.17, 15) is 19.8 Å². The van der Waals surface area contributed by atoms with Crippen molar-refractivity contribution in [3.63, 3.8) is 0 Å². The molecule has 6 nitrogen and oxygen atoms in total. The Kier molecular flexibility index (Phi) is 78.8. The molecule has 0 radical (unpaired) electrons. The summed E-state index contributed by atoms with van der Waals surface area (Å²) in [5.41, 5.74) is 0. The van der Waals surface area contributed by atoms with Crippen molar-refractivity contribution in [2.45, 2.75) is 501 Å². The van der Waals surface area contributed by atoms with E-state index in [1.54, 1.807) is 0 Å². The van der Waals surface area contributed by atoms with Crippen molar-refractivity contribution in [1.82, 2.24) is 5.32 Å². The smallest absolute Gasteiger partial charge is 0.305 e. The van der Waals surface area contributed by atoms with Crippen molar-refractivity contribution in [3.8, 4) is 0 Å². The van der Waals surface area contributed by atoms with Crippen molar-refractivity contribution in [1.29, 1.82) is 0 Å². The quantitative estimate of drug-likeness (QED) is 0.0320. The Morgan fingerprint density at radius 1 is 0.300 bits per heavy atom. The van der Waals surface area contributed by atoms with Crippen LogP contribution in [0.25, 0.3) is 0 Å². The van der Waals surface area contributed by atoms with E-state index in [4.69, 9.17) is 4.74 Å². The number of unbranched alkanes of at least 4 members (excludes halogenated alkanes) is 67. The summed E-state index contributed by atoms with van der Waals surface area (Å²) in [6, 6.07) is -0.539. The molecule has 536 valence electrons. The number of carbonyl (C=O) groups is 2. The number of nitrogens with one attached hydrogen (secondary N) is 1. The van der Waals surface area contributed by atoms with Crippen LogP contribution in [0.5, 0.6) is 0 Å². The lowest BCUT2D eigenvalue weighted by Crippen LogP contribution is -2.45. The van der Waals surface area contributed by atoms with Gasteiger partial charge in [-0.15, -0.1) is 0 Å². The zero-order chi connectivity index (χ0) is 64.9. The Morgan fingerprint density at radius 2 is 0.522 bits per heavy atom. The maximum atomic E-state index is 12.6. The fraction of sp³-hybridized carbons (Fsp3) is 0.952. The number of ether oxygens (including phenoxy) is 1. The SMILES string of the molecule is CCCCCCCCC/C=C\CCCCCCCCCC(=O)OCCCCCCCCCCCCCCCCCCCCCCCCCCCCCCCCCC(=O)NC(CO)C(O)CCCCCCCCCCCCCCCCCCCCCCCCCC. The van der Waals surface area contributed by atoms with Crippen LogP contribution < -0.4 is 5.32 Å². The van der Waals surface area contributed by atoms with E-state index < -0.39 is 12.1 Å². The summed E-state index contributed by atoms with van der Waals surface area (Å²) in [5.74, 6) is -0.00493. The number of aliphatic hydroxyl groups is 2. The summed E-state index contributed by atoms with van der Waals surface area (Å²) < 4.78 is 5.52. The highest BCUT2D eigenvalue weighted by atomic mass is 16.5. The number of amides is 1. The molecule has 0 heterocycles. The lowest BCUT2D eigenvalue weighted by molar-refractivity contribution is -0.143. The average Bonchev–Trinajstić information content (AvgIpc) is 3.72. The molecule has 0 aliphatic carbocycles. The molecule has 0 aromatic heterocycles. The molecule has 3 N–H and O–H groups in total. The van der Waals surface area contributed by atoms with Crippen LogP contribution in [-0.2, 0) is 14.3 Å². The van der Waals surface area contributed by atoms with Crippen LogP contribution >= 0.6 is 0 Å². The minimum Gasteiger partial charge on any atom is -0.466 e. The van der Waals surface area contributed by atoms with Crippen LogP contribution in [0.1, 0.15) is 489 Å². The van der Waals surface area contributed by atoms with Crippen molar-refractivity contribution in [2.24, 2.45) is 0 Å². The lowest BCUT2D eigenvalue weighted by atomic mass is 10.0. The van der Waals surface area contributed by atoms with Gasteiger partial charge in [0.05, 0.1) is 25.4 Å². The molecular weight excluding hydrogens is 1100 g/mol. The molecule has 0 aromatic rings. The number of allylic oxidation sites excluding steroid dienone is 2. The zero-order valence-corrected chi connectivity index (χ0v) is 61.7. The molecule has 90 heavy (non-hydrogen) atoms. The second-order valence-corrected chi connectivity index (χ2v) is 29.2. The molecule has 0 rings (SSSR count). The van der Waals surface area contributed by atoms with Gasteiger partial charge in [0.1, 0.15) is 0 Å². The highest BCUT2D eigenvalue weighted by Crippen LogP contribution is 2.21. The summed E-state index contributed by atoms with van der Waals surface area (Å²) in [4.78, 5) is 24.7. The standard InChI is InChI=1S/C84H165NO5/c1-3-5-7-9-11-13-15-17-19-21-23-24-25-35-38-41-44-48-52-56-60-64-68-72-76-82(87)81(80-86)85-83(88)77-73-69-65-61-57-53-49-45-42-39-36-33-31-29-27-26-28-30-32-34-37-40-43-47-51-55-59-63-67-71-75-79-90-84(89)78-74-70-66-62-58-54-50-46-22-20-18-16-14-12-10-8-6-4-2/h20,22,81-82,86-87H,3-19,21,23-80H2,1-2H3,(H,85,88)/b22-20-. The van der Waals surface area contributed by atoms with Gasteiger partial charge in [0, 0.05) is 12.8 Å². The Labute approximate surface area is 565 Å². The lowest BCUT2D eigenvalue weighted by Gasteiger charge is -2.22. The first-order chi connectivity index (χ1) is 44.5. The highest BCUT2D eigenvalue weighted by molar-refractivity contribution is 5.76. The van der Waals surface area contributed by atoms with Crippen molar-refractivity contribution in [3.05, 3.63) is 12.2 Å². The summed E-state index contributed by atoms with van der Waals surface area (Å²) in [5, 5.41) is 23.5. The van der Waals surface area contributed by atoms with Gasteiger partial charge in [-0.25, -0.2) is 0 Å². The molecule has 0 aliphatic heterocycles. The van der Waals surface area contributed by atoms with Gasteiger partial charge in [-0.1, -0.05) is 437 Å². The summed E-state index contributed by atoms with van der Waals surface area (Å²) in [6.07, 6.45) is 102. The third-order valence-corrected chi connectivity index (χ3v) is 20.1. The van der Waals surface area contributed by atoms with Crippen molar-refractivity contribution < 1.29 is 24.5 Å². The molecule has 0 saturated heterocycles. The number of carbonyl (C=O) groups excluding carboxylic acids is 2. The maximum Gasteiger partial charge on any atom is 0.305 e. The van der Waals surface area contributed by atoms with Gasteiger partial charge < -0.3 is 20.3 Å². The normalized spacial score (nSPS) is 12.4. The van der Waals surface area contributed by atoms with Gasteiger partial charge in [0.15, 0.2) is 0 Å². The van der Waals surface area contributed by atoms with Crippen LogP contribution in [-0.4, -0.2) is 47.4 Å². The minimum atomic E-state index is -0.662. The summed E-state index contributed by atoms with van der Waals surface area (Å²) >= 11 is 0. The fourth-order valence-corrected chi connectivity index (χ4v) is 13.7. The minimum absolute atomic E-state index is 0.0193. The fourth-order valence-electron chi connectivity index (χ4n) is 13.7. The molecule has 0 aliphatic rings. The highest BCUT2D eigenvalue weighted by Gasteiger charge is 2.20. The van der Waals surface area contributed by atoms with E-state index in [0.29, 0.717) is 25.9 Å². The third-order valence-electron chi connectivity index (χ3n) is 20.1.